The van der Waals surface area contributed by atoms with Crippen LogP contribution in [0.5, 0.6) is 0 Å². The summed E-state index contributed by atoms with van der Waals surface area (Å²) in [6, 6.07) is 12.0. The molecule has 1 amide bonds. The fourth-order valence-electron chi connectivity index (χ4n) is 2.96. The summed E-state index contributed by atoms with van der Waals surface area (Å²) in [6.45, 7) is 6.20. The third-order valence-corrected chi connectivity index (χ3v) is 6.41. The van der Waals surface area contributed by atoms with Crippen molar-refractivity contribution in [1.82, 2.24) is 4.57 Å². The van der Waals surface area contributed by atoms with Gasteiger partial charge in [0, 0.05) is 4.90 Å². The number of carbonyl (C=O) groups excluding carboxylic acids is 2. The number of esters is 1. The van der Waals surface area contributed by atoms with Crippen LogP contribution in [0.2, 0.25) is 0 Å². The molecule has 0 atom stereocenters. The molecule has 152 valence electrons. The van der Waals surface area contributed by atoms with Crippen LogP contribution in [0.15, 0.2) is 46.3 Å². The van der Waals surface area contributed by atoms with Gasteiger partial charge in [0.2, 0.25) is 0 Å². The Morgan fingerprint density at radius 2 is 1.83 bits per heavy atom. The van der Waals surface area contributed by atoms with Gasteiger partial charge in [-0.2, -0.15) is 4.99 Å². The third kappa shape index (κ3) is 5.16. The maximum absolute atomic E-state index is 12.6. The highest BCUT2D eigenvalue weighted by atomic mass is 32.2. The number of rotatable bonds is 6. The third-order valence-electron chi connectivity index (χ3n) is 4.63. The van der Waals surface area contributed by atoms with Gasteiger partial charge in [0.05, 0.1) is 23.2 Å². The first-order valence-electron chi connectivity index (χ1n) is 9.38. The van der Waals surface area contributed by atoms with Gasteiger partial charge in [0.1, 0.15) is 6.54 Å². The number of thiazole rings is 1. The van der Waals surface area contributed by atoms with Crippen LogP contribution >= 0.6 is 23.1 Å². The number of thioether (sulfide) groups is 1. The number of aromatic nitrogens is 1. The van der Waals surface area contributed by atoms with Gasteiger partial charge in [0.25, 0.3) is 5.91 Å². The summed E-state index contributed by atoms with van der Waals surface area (Å²) in [5, 5.41) is 0. The van der Waals surface area contributed by atoms with Crippen LogP contribution in [-0.2, 0) is 27.3 Å². The van der Waals surface area contributed by atoms with E-state index in [0.29, 0.717) is 11.4 Å². The minimum Gasteiger partial charge on any atom is -0.465 e. The van der Waals surface area contributed by atoms with Crippen molar-refractivity contribution in [2.75, 3.05) is 12.9 Å². The lowest BCUT2D eigenvalue weighted by Crippen LogP contribution is -2.23. The van der Waals surface area contributed by atoms with Gasteiger partial charge < -0.3 is 9.30 Å². The van der Waals surface area contributed by atoms with Crippen molar-refractivity contribution in [1.29, 1.82) is 0 Å². The lowest BCUT2D eigenvalue weighted by Gasteiger charge is -2.06. The summed E-state index contributed by atoms with van der Waals surface area (Å²) in [5.41, 5.74) is 4.09. The molecule has 0 saturated heterocycles. The van der Waals surface area contributed by atoms with Crippen LogP contribution in [0.1, 0.15) is 23.6 Å². The Labute approximate surface area is 178 Å². The van der Waals surface area contributed by atoms with Gasteiger partial charge in [-0.1, -0.05) is 23.5 Å². The average Bonchev–Trinajstić information content (AvgIpc) is 2.99. The van der Waals surface area contributed by atoms with Gasteiger partial charge in [-0.25, -0.2) is 0 Å². The summed E-state index contributed by atoms with van der Waals surface area (Å²) >= 11 is 3.08. The second-order valence-electron chi connectivity index (χ2n) is 6.71. The topological polar surface area (TPSA) is 60.7 Å². The van der Waals surface area contributed by atoms with E-state index in [2.05, 4.69) is 11.1 Å². The predicted octanol–water partition coefficient (Wildman–Crippen LogP) is 4.27. The van der Waals surface area contributed by atoms with Crippen LogP contribution in [0, 0.1) is 13.8 Å². The molecular formula is C22H24N2O3S2. The minimum atomic E-state index is -0.341. The first kappa shape index (κ1) is 21.3. The van der Waals surface area contributed by atoms with E-state index in [1.165, 1.54) is 11.3 Å². The van der Waals surface area contributed by atoms with E-state index in [-0.39, 0.29) is 24.8 Å². The van der Waals surface area contributed by atoms with Gasteiger partial charge >= 0.3 is 5.97 Å². The first-order chi connectivity index (χ1) is 13.9. The van der Waals surface area contributed by atoms with Crippen LogP contribution in [0.3, 0.4) is 0 Å². The average molecular weight is 429 g/mol. The molecule has 0 bridgehead atoms. The number of hydrogen-bond acceptors (Lipinski definition) is 5. The lowest BCUT2D eigenvalue weighted by atomic mass is 10.1. The molecule has 0 saturated carbocycles. The standard InChI is InChI=1S/C22H24N2O3S2/c1-5-27-21(26)13-24-18-10-14(2)15(3)11-19(18)29-22(24)23-20(25)12-16-6-8-17(28-4)9-7-16/h6-11H,5,12-13H2,1-4H3. The lowest BCUT2D eigenvalue weighted by molar-refractivity contribution is -0.143. The summed E-state index contributed by atoms with van der Waals surface area (Å²) in [4.78, 5) is 30.8. The molecule has 0 aliphatic carbocycles. The molecule has 0 unspecified atom stereocenters. The van der Waals surface area contributed by atoms with Crippen LogP contribution in [0.25, 0.3) is 10.2 Å². The SMILES string of the molecule is CCOC(=O)Cn1c(=NC(=O)Cc2ccc(SC)cc2)sc2cc(C)c(C)cc21. The second kappa shape index (κ2) is 9.41. The molecule has 0 N–H and O–H groups in total. The zero-order valence-corrected chi connectivity index (χ0v) is 18.7. The van der Waals surface area contributed by atoms with Crippen molar-refractivity contribution >= 4 is 45.2 Å². The van der Waals surface area contributed by atoms with Crippen molar-refractivity contribution < 1.29 is 14.3 Å². The van der Waals surface area contributed by atoms with Crippen molar-refractivity contribution in [2.45, 2.75) is 38.6 Å². The molecule has 2 aromatic carbocycles. The number of fused-ring (bicyclic) bond motifs is 1. The molecule has 5 nitrogen and oxygen atoms in total. The Morgan fingerprint density at radius 1 is 1.14 bits per heavy atom. The maximum atomic E-state index is 12.6. The van der Waals surface area contributed by atoms with Crippen LogP contribution in [-0.4, -0.2) is 29.3 Å². The molecule has 3 rings (SSSR count). The van der Waals surface area contributed by atoms with Crippen LogP contribution < -0.4 is 4.80 Å². The maximum Gasteiger partial charge on any atom is 0.326 e. The van der Waals surface area contributed by atoms with E-state index in [0.717, 1.165) is 31.8 Å². The number of hydrogen-bond donors (Lipinski definition) is 0. The highest BCUT2D eigenvalue weighted by Crippen LogP contribution is 2.22. The Morgan fingerprint density at radius 3 is 2.48 bits per heavy atom. The zero-order chi connectivity index (χ0) is 21.0. The van der Waals surface area contributed by atoms with Crippen molar-refractivity contribution in [2.24, 2.45) is 4.99 Å². The van der Waals surface area contributed by atoms with Gasteiger partial charge in [-0.15, -0.1) is 11.8 Å². The molecule has 0 spiro atoms. The zero-order valence-electron chi connectivity index (χ0n) is 17.0. The first-order valence-corrected chi connectivity index (χ1v) is 11.4. The normalized spacial score (nSPS) is 11.8. The Hall–Kier alpha value is -2.38. The molecule has 7 heteroatoms. The van der Waals surface area contributed by atoms with E-state index in [1.54, 1.807) is 23.3 Å². The molecule has 3 aromatic rings. The van der Waals surface area contributed by atoms with E-state index in [4.69, 9.17) is 4.74 Å². The Kier molecular flexibility index (Phi) is 6.92. The summed E-state index contributed by atoms with van der Waals surface area (Å²) in [5.74, 6) is -0.577. The number of ether oxygens (including phenoxy) is 1. The smallest absolute Gasteiger partial charge is 0.326 e. The predicted molar refractivity (Wildman–Crippen MR) is 118 cm³/mol. The number of carbonyl (C=O) groups is 2. The van der Waals surface area contributed by atoms with E-state index < -0.39 is 0 Å². The van der Waals surface area contributed by atoms with E-state index in [9.17, 15) is 9.59 Å². The van der Waals surface area contributed by atoms with E-state index >= 15 is 0 Å². The molecule has 29 heavy (non-hydrogen) atoms. The minimum absolute atomic E-state index is 0.0326. The fraction of sp³-hybridized carbons (Fsp3) is 0.318. The second-order valence-corrected chi connectivity index (χ2v) is 8.60. The highest BCUT2D eigenvalue weighted by Gasteiger charge is 2.13. The van der Waals surface area contributed by atoms with Gasteiger partial charge in [-0.05, 0) is 68.0 Å². The number of amides is 1. The Bertz CT molecular complexity index is 1110. The number of aryl methyl sites for hydroxylation is 2. The van der Waals surface area contributed by atoms with Crippen LogP contribution in [0.4, 0.5) is 0 Å². The van der Waals surface area contributed by atoms with Crippen molar-refractivity contribution in [3.05, 3.63) is 57.9 Å². The summed E-state index contributed by atoms with van der Waals surface area (Å²) in [6.07, 6.45) is 2.24. The largest absolute Gasteiger partial charge is 0.465 e. The Balaban J connectivity index is 1.98. The highest BCUT2D eigenvalue weighted by molar-refractivity contribution is 7.98. The molecule has 0 radical (unpaired) electrons. The summed E-state index contributed by atoms with van der Waals surface area (Å²) in [7, 11) is 0. The molecule has 0 fully saturated rings. The molecule has 0 aliphatic heterocycles. The van der Waals surface area contributed by atoms with E-state index in [1.807, 2.05) is 50.4 Å². The van der Waals surface area contributed by atoms with Gasteiger partial charge in [0.15, 0.2) is 4.80 Å². The quantitative estimate of drug-likeness (QED) is 0.434. The fourth-order valence-corrected chi connectivity index (χ4v) is 4.49. The number of nitrogens with zero attached hydrogens (tertiary/aromatic N) is 2. The molecular weight excluding hydrogens is 404 g/mol. The van der Waals surface area contributed by atoms with Crippen molar-refractivity contribution in [3.8, 4) is 0 Å². The molecule has 0 aliphatic rings. The monoisotopic (exact) mass is 428 g/mol. The number of benzene rings is 2. The molecule has 1 heterocycles. The van der Waals surface area contributed by atoms with Gasteiger partial charge in [-0.3, -0.25) is 9.59 Å². The van der Waals surface area contributed by atoms with Crippen molar-refractivity contribution in [3.63, 3.8) is 0 Å². The summed E-state index contributed by atoms with van der Waals surface area (Å²) < 4.78 is 7.88. The molecule has 1 aromatic heterocycles.